The minimum absolute atomic E-state index is 0.0988. The van der Waals surface area contributed by atoms with E-state index in [1.54, 1.807) is 18.2 Å². The van der Waals surface area contributed by atoms with Gasteiger partial charge in [-0.25, -0.2) is 18.4 Å². The third-order valence-electron chi connectivity index (χ3n) is 2.59. The van der Waals surface area contributed by atoms with E-state index in [1.807, 2.05) is 0 Å². The predicted octanol–water partition coefficient (Wildman–Crippen LogP) is 0.935. The molecule has 102 valence electrons. The highest BCUT2D eigenvalue weighted by Gasteiger charge is 2.22. The third kappa shape index (κ3) is 2.94. The first-order chi connectivity index (χ1) is 8.94. The van der Waals surface area contributed by atoms with Gasteiger partial charge < -0.3 is 9.67 Å². The number of aliphatic hydroxyl groups excluding tert-OH is 1. The summed E-state index contributed by atoms with van der Waals surface area (Å²) in [4.78, 5) is 7.77. The van der Waals surface area contributed by atoms with Crippen molar-refractivity contribution in [3.05, 3.63) is 40.9 Å². The van der Waals surface area contributed by atoms with Crippen molar-refractivity contribution in [2.24, 2.45) is 7.05 Å². The largest absolute Gasteiger partial charge is 0.390 e. The van der Waals surface area contributed by atoms with Crippen molar-refractivity contribution < 1.29 is 13.5 Å². The van der Waals surface area contributed by atoms with E-state index in [1.165, 1.54) is 17.8 Å². The highest BCUT2D eigenvalue weighted by Crippen LogP contribution is 2.16. The summed E-state index contributed by atoms with van der Waals surface area (Å²) in [7, 11) is -2.09. The molecule has 19 heavy (non-hydrogen) atoms. The Morgan fingerprint density at radius 2 is 2.16 bits per heavy atom. The van der Waals surface area contributed by atoms with Crippen LogP contribution in [-0.2, 0) is 29.2 Å². The molecule has 0 saturated heterocycles. The quantitative estimate of drug-likeness (QED) is 0.849. The van der Waals surface area contributed by atoms with Crippen molar-refractivity contribution in [2.75, 3.05) is 0 Å². The van der Waals surface area contributed by atoms with Gasteiger partial charge in [-0.3, -0.25) is 0 Å². The molecule has 2 heterocycles. The number of imidazole rings is 1. The minimum atomic E-state index is -3.63. The van der Waals surface area contributed by atoms with Gasteiger partial charge in [-0.1, -0.05) is 17.7 Å². The molecular weight excluding hydrogens is 290 g/mol. The van der Waals surface area contributed by atoms with Gasteiger partial charge >= 0.3 is 0 Å². The van der Waals surface area contributed by atoms with Gasteiger partial charge in [0.05, 0.1) is 24.2 Å². The van der Waals surface area contributed by atoms with Crippen LogP contribution in [0.5, 0.6) is 0 Å². The molecule has 2 aromatic rings. The molecule has 8 heteroatoms. The normalized spacial score (nSPS) is 11.7. The molecule has 2 rings (SSSR count). The Labute approximate surface area is 115 Å². The molecule has 2 aromatic heterocycles. The molecule has 0 bridgehead atoms. The van der Waals surface area contributed by atoms with E-state index in [4.69, 9.17) is 16.7 Å². The topological polar surface area (TPSA) is 85.1 Å². The number of pyridine rings is 1. The Morgan fingerprint density at radius 1 is 1.42 bits per heavy atom. The molecule has 0 amide bonds. The molecular formula is C11H12ClN3O3S. The zero-order chi connectivity index (χ0) is 14.0. The van der Waals surface area contributed by atoms with Crippen molar-refractivity contribution in [1.82, 2.24) is 14.5 Å². The Balaban J connectivity index is 2.35. The van der Waals surface area contributed by atoms with E-state index in [2.05, 4.69) is 9.97 Å². The lowest BCUT2D eigenvalue weighted by Gasteiger charge is -2.05. The maximum absolute atomic E-state index is 12.2. The number of hydrogen-bond donors (Lipinski definition) is 1. The molecule has 0 aliphatic carbocycles. The van der Waals surface area contributed by atoms with Crippen LogP contribution < -0.4 is 0 Å². The van der Waals surface area contributed by atoms with Gasteiger partial charge in [0.2, 0.25) is 15.0 Å². The van der Waals surface area contributed by atoms with Crippen molar-refractivity contribution >= 4 is 21.4 Å². The van der Waals surface area contributed by atoms with Gasteiger partial charge in [-0.2, -0.15) is 0 Å². The summed E-state index contributed by atoms with van der Waals surface area (Å²) in [5, 5.41) is 9.18. The van der Waals surface area contributed by atoms with Crippen LogP contribution in [-0.4, -0.2) is 28.1 Å². The number of nitrogens with zero attached hydrogens (tertiary/aromatic N) is 3. The highest BCUT2D eigenvalue weighted by atomic mass is 35.5. The van der Waals surface area contributed by atoms with Crippen LogP contribution in [0.3, 0.4) is 0 Å². The highest BCUT2D eigenvalue weighted by molar-refractivity contribution is 7.90. The summed E-state index contributed by atoms with van der Waals surface area (Å²) in [6.07, 6.45) is 1.33. The fraction of sp³-hybridized carbons (Fsp3) is 0.273. The standard InChI is InChI=1S/C11H12ClN3O3S/c1-15-9(6-16)5-13-11(15)19(17,18)7-8-3-2-4-10(12)14-8/h2-5,16H,6-7H2,1H3. The Kier molecular flexibility index (Phi) is 3.88. The number of rotatable bonds is 4. The Bertz CT molecular complexity index is 697. The fourth-order valence-corrected chi connectivity index (χ4v) is 3.26. The fourth-order valence-electron chi connectivity index (χ4n) is 1.65. The molecule has 6 nitrogen and oxygen atoms in total. The summed E-state index contributed by atoms with van der Waals surface area (Å²) in [6, 6.07) is 4.79. The smallest absolute Gasteiger partial charge is 0.228 e. The SMILES string of the molecule is Cn1c(CO)cnc1S(=O)(=O)Cc1cccc(Cl)n1. The van der Waals surface area contributed by atoms with Crippen LogP contribution in [0.15, 0.2) is 29.6 Å². The summed E-state index contributed by atoms with van der Waals surface area (Å²) in [6.45, 7) is -0.269. The van der Waals surface area contributed by atoms with Crippen LogP contribution in [0, 0.1) is 0 Å². The number of hydrogen-bond acceptors (Lipinski definition) is 5. The van der Waals surface area contributed by atoms with Crippen molar-refractivity contribution in [1.29, 1.82) is 0 Å². The lowest BCUT2D eigenvalue weighted by Crippen LogP contribution is -2.13. The summed E-state index contributed by atoms with van der Waals surface area (Å²) in [5.74, 6) is -0.288. The average Bonchev–Trinajstić information content (AvgIpc) is 2.70. The number of halogens is 1. The second kappa shape index (κ2) is 5.28. The number of aliphatic hydroxyl groups is 1. The Hall–Kier alpha value is -1.44. The van der Waals surface area contributed by atoms with E-state index in [0.29, 0.717) is 11.4 Å². The van der Waals surface area contributed by atoms with E-state index in [0.717, 1.165) is 0 Å². The molecule has 0 aromatic carbocycles. The summed E-state index contributed by atoms with van der Waals surface area (Å²) >= 11 is 5.72. The van der Waals surface area contributed by atoms with Crippen LogP contribution in [0.25, 0.3) is 0 Å². The molecule has 0 radical (unpaired) electrons. The lowest BCUT2D eigenvalue weighted by molar-refractivity contribution is 0.271. The van der Waals surface area contributed by atoms with Gasteiger partial charge in [0.1, 0.15) is 10.9 Å². The van der Waals surface area contributed by atoms with Crippen molar-refractivity contribution in [3.63, 3.8) is 0 Å². The van der Waals surface area contributed by atoms with Gasteiger partial charge in [0, 0.05) is 7.05 Å². The molecule has 0 atom stereocenters. The second-order valence-corrected chi connectivity index (χ2v) is 6.23. The molecule has 0 spiro atoms. The van der Waals surface area contributed by atoms with Gasteiger partial charge in [-0.15, -0.1) is 0 Å². The van der Waals surface area contributed by atoms with E-state index in [9.17, 15) is 8.42 Å². The second-order valence-electron chi connectivity index (χ2n) is 3.96. The van der Waals surface area contributed by atoms with E-state index >= 15 is 0 Å². The third-order valence-corrected chi connectivity index (χ3v) is 4.41. The molecule has 0 saturated carbocycles. The zero-order valence-corrected chi connectivity index (χ0v) is 11.7. The average molecular weight is 302 g/mol. The zero-order valence-electron chi connectivity index (χ0n) is 10.1. The number of sulfone groups is 1. The first-order valence-electron chi connectivity index (χ1n) is 5.39. The first-order valence-corrected chi connectivity index (χ1v) is 7.42. The first kappa shape index (κ1) is 14.0. The molecule has 0 fully saturated rings. The van der Waals surface area contributed by atoms with E-state index < -0.39 is 9.84 Å². The minimum Gasteiger partial charge on any atom is -0.390 e. The van der Waals surface area contributed by atoms with Crippen LogP contribution in [0.4, 0.5) is 0 Å². The lowest BCUT2D eigenvalue weighted by atomic mass is 10.4. The van der Waals surface area contributed by atoms with Crippen molar-refractivity contribution in [2.45, 2.75) is 17.5 Å². The van der Waals surface area contributed by atoms with Crippen LogP contribution in [0.1, 0.15) is 11.4 Å². The van der Waals surface area contributed by atoms with E-state index in [-0.39, 0.29) is 22.7 Å². The Morgan fingerprint density at radius 3 is 2.74 bits per heavy atom. The maximum atomic E-state index is 12.2. The van der Waals surface area contributed by atoms with Gasteiger partial charge in [-0.05, 0) is 12.1 Å². The molecule has 0 unspecified atom stereocenters. The van der Waals surface area contributed by atoms with Gasteiger partial charge in [0.15, 0.2) is 0 Å². The van der Waals surface area contributed by atoms with Crippen LogP contribution in [0.2, 0.25) is 5.15 Å². The summed E-state index contributed by atoms with van der Waals surface area (Å²) in [5.41, 5.74) is 0.777. The summed E-state index contributed by atoms with van der Waals surface area (Å²) < 4.78 is 25.8. The predicted molar refractivity (Wildman–Crippen MR) is 69.3 cm³/mol. The molecule has 1 N–H and O–H groups in total. The van der Waals surface area contributed by atoms with Gasteiger partial charge in [0.25, 0.3) is 0 Å². The monoisotopic (exact) mass is 301 g/mol. The number of aromatic nitrogens is 3. The van der Waals surface area contributed by atoms with Crippen molar-refractivity contribution in [3.8, 4) is 0 Å². The molecule has 0 aliphatic heterocycles. The maximum Gasteiger partial charge on any atom is 0.228 e. The van der Waals surface area contributed by atoms with Crippen LogP contribution >= 0.6 is 11.6 Å². The molecule has 0 aliphatic rings.